The zero-order valence-electron chi connectivity index (χ0n) is 21.6. The normalized spacial score (nSPS) is 14.8. The van der Waals surface area contributed by atoms with Gasteiger partial charge in [0.1, 0.15) is 5.82 Å². The molecule has 3 aromatic carbocycles. The minimum Gasteiger partial charge on any atom is -0.481 e. The summed E-state index contributed by atoms with van der Waals surface area (Å²) in [5, 5.41) is 13.9. The van der Waals surface area contributed by atoms with Crippen LogP contribution in [0.4, 0.5) is 4.39 Å². The minimum atomic E-state index is -0.743. The number of carboxylic acids is 1. The van der Waals surface area contributed by atoms with Crippen LogP contribution >= 0.6 is 11.6 Å². The summed E-state index contributed by atoms with van der Waals surface area (Å²) in [5.41, 5.74) is 6.55. The first kappa shape index (κ1) is 26.2. The molecular weight excluding hydrogens is 501 g/mol. The molecule has 0 radical (unpaired) electrons. The van der Waals surface area contributed by atoms with Crippen molar-refractivity contribution >= 4 is 17.6 Å². The van der Waals surface area contributed by atoms with Gasteiger partial charge in [0.25, 0.3) is 0 Å². The summed E-state index contributed by atoms with van der Waals surface area (Å²) in [4.78, 5) is 11.2. The van der Waals surface area contributed by atoms with E-state index < -0.39 is 5.97 Å². The summed E-state index contributed by atoms with van der Waals surface area (Å²) in [5.74, 6) is 0.0577. The SMILES string of the molecule is Cc1noc(-c2ccc(-c3ccc(C4(CC(=O)O)CC4)cc3)cc2)c1CC(C)CCc1c(F)cccc1Cl. The second-order valence-electron chi connectivity index (χ2n) is 10.6. The van der Waals surface area contributed by atoms with E-state index in [0.29, 0.717) is 17.0 Å². The van der Waals surface area contributed by atoms with Gasteiger partial charge in [0.2, 0.25) is 0 Å². The van der Waals surface area contributed by atoms with E-state index in [9.17, 15) is 14.3 Å². The van der Waals surface area contributed by atoms with Gasteiger partial charge in [-0.15, -0.1) is 0 Å². The van der Waals surface area contributed by atoms with E-state index in [2.05, 4.69) is 48.5 Å². The van der Waals surface area contributed by atoms with E-state index >= 15 is 0 Å². The van der Waals surface area contributed by atoms with Crippen LogP contribution in [0.15, 0.2) is 71.3 Å². The number of aromatic nitrogens is 1. The molecule has 0 aliphatic heterocycles. The van der Waals surface area contributed by atoms with Crippen molar-refractivity contribution in [1.29, 1.82) is 0 Å². The van der Waals surface area contributed by atoms with Crippen LogP contribution in [0.25, 0.3) is 22.5 Å². The minimum absolute atomic E-state index is 0.187. The summed E-state index contributed by atoms with van der Waals surface area (Å²) in [7, 11) is 0. The Kier molecular flexibility index (Phi) is 7.40. The van der Waals surface area contributed by atoms with Gasteiger partial charge in [0, 0.05) is 27.1 Å². The summed E-state index contributed by atoms with van der Waals surface area (Å²) in [6.45, 7) is 4.11. The average molecular weight is 532 g/mol. The Balaban J connectivity index is 1.27. The fourth-order valence-electron chi connectivity index (χ4n) is 5.31. The van der Waals surface area contributed by atoms with Gasteiger partial charge in [-0.1, -0.05) is 78.3 Å². The summed E-state index contributed by atoms with van der Waals surface area (Å²) < 4.78 is 19.9. The van der Waals surface area contributed by atoms with Gasteiger partial charge in [-0.25, -0.2) is 4.39 Å². The molecule has 1 aromatic heterocycles. The average Bonchev–Trinajstić information content (AvgIpc) is 3.59. The van der Waals surface area contributed by atoms with Gasteiger partial charge in [-0.2, -0.15) is 0 Å². The van der Waals surface area contributed by atoms with Crippen molar-refractivity contribution in [2.75, 3.05) is 0 Å². The zero-order valence-corrected chi connectivity index (χ0v) is 22.4. The van der Waals surface area contributed by atoms with Crippen LogP contribution in [0, 0.1) is 18.7 Å². The van der Waals surface area contributed by atoms with Gasteiger partial charge < -0.3 is 9.63 Å². The van der Waals surface area contributed by atoms with Crippen LogP contribution in [0.2, 0.25) is 5.02 Å². The summed E-state index contributed by atoms with van der Waals surface area (Å²) in [6.07, 6.45) is 4.21. The zero-order chi connectivity index (χ0) is 26.9. The van der Waals surface area contributed by atoms with Gasteiger partial charge in [0.15, 0.2) is 5.76 Å². The van der Waals surface area contributed by atoms with E-state index in [1.165, 1.54) is 6.07 Å². The molecule has 1 heterocycles. The number of nitrogens with zero attached hydrogens (tertiary/aromatic N) is 1. The van der Waals surface area contributed by atoms with Gasteiger partial charge in [-0.05, 0) is 73.8 Å². The molecule has 4 nitrogen and oxygen atoms in total. The molecule has 1 fully saturated rings. The van der Waals surface area contributed by atoms with Crippen LogP contribution in [-0.2, 0) is 23.1 Å². The smallest absolute Gasteiger partial charge is 0.304 e. The van der Waals surface area contributed by atoms with Gasteiger partial charge in [0.05, 0.1) is 12.1 Å². The first-order valence-electron chi connectivity index (χ1n) is 13.1. The van der Waals surface area contributed by atoms with Crippen molar-refractivity contribution in [3.8, 4) is 22.5 Å². The molecule has 6 heteroatoms. The third-order valence-corrected chi connectivity index (χ3v) is 8.16. The maximum Gasteiger partial charge on any atom is 0.304 e. The van der Waals surface area contributed by atoms with E-state index in [0.717, 1.165) is 65.0 Å². The summed E-state index contributed by atoms with van der Waals surface area (Å²) >= 11 is 6.21. The number of benzene rings is 3. The highest BCUT2D eigenvalue weighted by Crippen LogP contribution is 2.51. The molecule has 0 amide bonds. The lowest BCUT2D eigenvalue weighted by Crippen LogP contribution is -2.12. The molecular formula is C32H31ClFNO3. The molecule has 4 aromatic rings. The molecule has 38 heavy (non-hydrogen) atoms. The number of aliphatic carboxylic acids is 1. The molecule has 1 N–H and O–H groups in total. The van der Waals surface area contributed by atoms with Crippen LogP contribution in [0.1, 0.15) is 55.0 Å². The molecule has 5 rings (SSSR count). The van der Waals surface area contributed by atoms with Crippen molar-refractivity contribution in [2.45, 2.75) is 57.8 Å². The van der Waals surface area contributed by atoms with E-state index in [1.807, 2.05) is 19.1 Å². The lowest BCUT2D eigenvalue weighted by atomic mass is 9.90. The van der Waals surface area contributed by atoms with E-state index in [1.54, 1.807) is 12.1 Å². The van der Waals surface area contributed by atoms with Gasteiger partial charge in [-0.3, -0.25) is 4.79 Å². The first-order valence-corrected chi connectivity index (χ1v) is 13.4. The molecule has 1 atom stereocenters. The van der Waals surface area contributed by atoms with E-state index in [4.69, 9.17) is 16.1 Å². The predicted molar refractivity (Wildman–Crippen MR) is 148 cm³/mol. The fraction of sp³-hybridized carbons (Fsp3) is 0.312. The predicted octanol–water partition coefficient (Wildman–Crippen LogP) is 8.43. The van der Waals surface area contributed by atoms with Crippen molar-refractivity contribution < 1.29 is 18.8 Å². The van der Waals surface area contributed by atoms with Gasteiger partial charge >= 0.3 is 5.97 Å². The highest BCUT2D eigenvalue weighted by molar-refractivity contribution is 6.31. The van der Waals surface area contributed by atoms with Crippen molar-refractivity contribution in [2.24, 2.45) is 5.92 Å². The number of rotatable bonds is 10. The molecule has 1 saturated carbocycles. The van der Waals surface area contributed by atoms with Crippen LogP contribution < -0.4 is 0 Å². The van der Waals surface area contributed by atoms with E-state index in [-0.39, 0.29) is 23.6 Å². The Morgan fingerprint density at radius 3 is 2.26 bits per heavy atom. The Hall–Kier alpha value is -3.44. The number of aryl methyl sites for hydroxylation is 1. The van der Waals surface area contributed by atoms with Crippen LogP contribution in [0.5, 0.6) is 0 Å². The highest BCUT2D eigenvalue weighted by Gasteiger charge is 2.45. The Morgan fingerprint density at radius 1 is 1.03 bits per heavy atom. The maximum atomic E-state index is 14.2. The molecule has 0 bridgehead atoms. The second-order valence-corrected chi connectivity index (χ2v) is 11.0. The molecule has 1 aliphatic rings. The number of hydrogen-bond acceptors (Lipinski definition) is 3. The largest absolute Gasteiger partial charge is 0.481 e. The quantitative estimate of drug-likeness (QED) is 0.223. The molecule has 1 unspecified atom stereocenters. The van der Waals surface area contributed by atoms with Crippen molar-refractivity contribution in [3.63, 3.8) is 0 Å². The number of carboxylic acid groups (broad SMARTS) is 1. The first-order chi connectivity index (χ1) is 18.3. The molecule has 0 saturated heterocycles. The molecule has 1 aliphatic carbocycles. The summed E-state index contributed by atoms with van der Waals surface area (Å²) in [6, 6.07) is 21.3. The third kappa shape index (κ3) is 5.53. The number of hydrogen-bond donors (Lipinski definition) is 1. The topological polar surface area (TPSA) is 63.3 Å². The lowest BCUT2D eigenvalue weighted by Gasteiger charge is -2.14. The monoisotopic (exact) mass is 531 g/mol. The lowest BCUT2D eigenvalue weighted by molar-refractivity contribution is -0.137. The standard InChI is InChI=1S/C32H31ClFNO3/c1-20(6-15-26-28(33)4-3-5-29(26)34)18-27-21(2)35-38-31(27)24-9-7-22(8-10-24)23-11-13-25(14-12-23)32(16-17-32)19-30(36)37/h3-5,7-14,20H,6,15-19H2,1-2H3,(H,36,37). The molecule has 0 spiro atoms. The highest BCUT2D eigenvalue weighted by atomic mass is 35.5. The Labute approximate surface area is 227 Å². The van der Waals surface area contributed by atoms with Crippen LogP contribution in [-0.4, -0.2) is 16.2 Å². The Morgan fingerprint density at radius 2 is 1.66 bits per heavy atom. The third-order valence-electron chi connectivity index (χ3n) is 7.81. The second kappa shape index (κ2) is 10.7. The van der Waals surface area contributed by atoms with Crippen LogP contribution in [0.3, 0.4) is 0 Å². The maximum absolute atomic E-state index is 14.2. The number of carbonyl (C=O) groups is 1. The number of halogens is 2. The van der Waals surface area contributed by atoms with Crippen molar-refractivity contribution in [1.82, 2.24) is 5.16 Å². The van der Waals surface area contributed by atoms with Crippen molar-refractivity contribution in [3.05, 3.63) is 100.0 Å². The molecule has 196 valence electrons. The fourth-order valence-corrected chi connectivity index (χ4v) is 5.56. The Bertz CT molecular complexity index is 1420.